The Morgan fingerprint density at radius 1 is 1.11 bits per heavy atom. The second kappa shape index (κ2) is 8.46. The number of thiazole rings is 1. The molecular formula is C20H19N3O3S. The van der Waals surface area contributed by atoms with Gasteiger partial charge in [0.15, 0.2) is 10.9 Å². The van der Waals surface area contributed by atoms with E-state index in [0.29, 0.717) is 23.4 Å². The van der Waals surface area contributed by atoms with Gasteiger partial charge in [-0.2, -0.15) is 0 Å². The number of methoxy groups -OCH3 is 1. The molecule has 0 fully saturated rings. The van der Waals surface area contributed by atoms with E-state index in [1.54, 1.807) is 43.5 Å². The number of anilines is 2. The Bertz CT molecular complexity index is 951. The fourth-order valence-corrected chi connectivity index (χ4v) is 3.12. The third-order valence-corrected chi connectivity index (χ3v) is 4.66. The van der Waals surface area contributed by atoms with Gasteiger partial charge in [-0.05, 0) is 49.4 Å². The predicted molar refractivity (Wildman–Crippen MR) is 106 cm³/mol. The maximum absolute atomic E-state index is 12.2. The molecule has 1 amide bonds. The van der Waals surface area contributed by atoms with E-state index in [2.05, 4.69) is 15.6 Å². The van der Waals surface area contributed by atoms with Gasteiger partial charge >= 0.3 is 0 Å². The highest BCUT2D eigenvalue weighted by Crippen LogP contribution is 2.21. The van der Waals surface area contributed by atoms with Crippen molar-refractivity contribution in [3.8, 4) is 5.75 Å². The lowest BCUT2D eigenvalue weighted by atomic mass is 10.1. The van der Waals surface area contributed by atoms with Crippen LogP contribution in [-0.4, -0.2) is 23.8 Å². The van der Waals surface area contributed by atoms with Crippen LogP contribution in [-0.2, 0) is 6.54 Å². The van der Waals surface area contributed by atoms with E-state index in [-0.39, 0.29) is 11.7 Å². The van der Waals surface area contributed by atoms with Gasteiger partial charge in [0.25, 0.3) is 5.91 Å². The average molecular weight is 381 g/mol. The molecule has 0 aliphatic heterocycles. The van der Waals surface area contributed by atoms with Gasteiger partial charge in [0, 0.05) is 22.2 Å². The van der Waals surface area contributed by atoms with E-state index >= 15 is 0 Å². The van der Waals surface area contributed by atoms with Crippen LogP contribution in [0.25, 0.3) is 0 Å². The van der Waals surface area contributed by atoms with Gasteiger partial charge in [-0.3, -0.25) is 9.59 Å². The van der Waals surface area contributed by atoms with Crippen molar-refractivity contribution in [3.05, 3.63) is 70.7 Å². The highest BCUT2D eigenvalue weighted by Gasteiger charge is 2.08. The van der Waals surface area contributed by atoms with Gasteiger partial charge in [-0.25, -0.2) is 4.98 Å². The summed E-state index contributed by atoms with van der Waals surface area (Å²) in [5.41, 5.74) is 2.81. The number of amides is 1. The first-order valence-electron chi connectivity index (χ1n) is 8.30. The van der Waals surface area contributed by atoms with E-state index in [0.717, 1.165) is 16.5 Å². The molecule has 2 N–H and O–H groups in total. The Morgan fingerprint density at radius 3 is 2.59 bits per heavy atom. The molecule has 0 saturated carbocycles. The number of aromatic nitrogens is 1. The molecule has 0 aliphatic carbocycles. The number of Topliss-reactive ketones (excluding diaryl/α,β-unsaturated/α-hetero) is 1. The summed E-state index contributed by atoms with van der Waals surface area (Å²) in [4.78, 5) is 28.0. The number of rotatable bonds is 7. The van der Waals surface area contributed by atoms with Gasteiger partial charge in [-0.1, -0.05) is 6.07 Å². The zero-order valence-corrected chi connectivity index (χ0v) is 15.8. The summed E-state index contributed by atoms with van der Waals surface area (Å²) in [6.45, 7) is 1.87. The Balaban J connectivity index is 1.57. The van der Waals surface area contributed by atoms with Crippen molar-refractivity contribution in [1.29, 1.82) is 0 Å². The molecule has 0 atom stereocenters. The molecule has 3 aromatic rings. The van der Waals surface area contributed by atoms with Crippen molar-refractivity contribution in [1.82, 2.24) is 10.3 Å². The minimum atomic E-state index is -0.184. The summed E-state index contributed by atoms with van der Waals surface area (Å²) >= 11 is 1.45. The van der Waals surface area contributed by atoms with E-state index in [4.69, 9.17) is 4.74 Å². The number of ketones is 1. The summed E-state index contributed by atoms with van der Waals surface area (Å²) in [6.07, 6.45) is 0. The number of benzene rings is 2. The lowest BCUT2D eigenvalue weighted by molar-refractivity contribution is 0.0949. The molecule has 2 aromatic carbocycles. The van der Waals surface area contributed by atoms with Gasteiger partial charge in [0.05, 0.1) is 19.3 Å². The third kappa shape index (κ3) is 4.92. The first-order valence-corrected chi connectivity index (χ1v) is 9.18. The molecule has 1 aromatic heterocycles. The van der Waals surface area contributed by atoms with Gasteiger partial charge < -0.3 is 15.4 Å². The number of hydrogen-bond acceptors (Lipinski definition) is 6. The van der Waals surface area contributed by atoms with Crippen molar-refractivity contribution < 1.29 is 14.3 Å². The molecule has 7 heteroatoms. The first-order chi connectivity index (χ1) is 13.0. The zero-order chi connectivity index (χ0) is 19.2. The maximum atomic E-state index is 12.2. The average Bonchev–Trinajstić information content (AvgIpc) is 3.14. The highest BCUT2D eigenvalue weighted by atomic mass is 32.1. The summed E-state index contributed by atoms with van der Waals surface area (Å²) in [5.74, 6) is 0.486. The Labute approximate surface area is 161 Å². The Morgan fingerprint density at radius 2 is 1.89 bits per heavy atom. The molecular weight excluding hydrogens is 362 g/mol. The Kier molecular flexibility index (Phi) is 5.83. The second-order valence-electron chi connectivity index (χ2n) is 5.82. The van der Waals surface area contributed by atoms with Crippen LogP contribution in [0, 0.1) is 0 Å². The molecule has 0 bridgehead atoms. The molecule has 6 nitrogen and oxygen atoms in total. The van der Waals surface area contributed by atoms with Gasteiger partial charge in [0.1, 0.15) is 5.75 Å². The quantitative estimate of drug-likeness (QED) is 0.604. The number of ether oxygens (including phenoxy) is 1. The third-order valence-electron chi connectivity index (χ3n) is 3.86. The molecule has 3 rings (SSSR count). The molecule has 0 radical (unpaired) electrons. The van der Waals surface area contributed by atoms with Crippen LogP contribution in [0.4, 0.5) is 10.8 Å². The summed E-state index contributed by atoms with van der Waals surface area (Å²) < 4.78 is 5.13. The standard InChI is InChI=1S/C20H19N3O3S/c1-13(24)14-6-8-16(9-7-14)22-20-23-17(12-27-20)11-21-19(25)15-4-3-5-18(10-15)26-2/h3-10,12H,11H2,1-2H3,(H,21,25)(H,22,23). The van der Waals surface area contributed by atoms with E-state index in [9.17, 15) is 9.59 Å². The van der Waals surface area contributed by atoms with Gasteiger partial charge in [-0.15, -0.1) is 11.3 Å². The van der Waals surface area contributed by atoms with Crippen molar-refractivity contribution in [2.75, 3.05) is 12.4 Å². The highest BCUT2D eigenvalue weighted by molar-refractivity contribution is 7.13. The van der Waals surface area contributed by atoms with Crippen LogP contribution in [0.5, 0.6) is 5.75 Å². The van der Waals surface area contributed by atoms with Crippen molar-refractivity contribution in [2.24, 2.45) is 0 Å². The zero-order valence-electron chi connectivity index (χ0n) is 15.0. The topological polar surface area (TPSA) is 80.3 Å². The molecule has 0 spiro atoms. The van der Waals surface area contributed by atoms with Crippen LogP contribution in [0.15, 0.2) is 53.9 Å². The first kappa shape index (κ1) is 18.6. The lowest BCUT2D eigenvalue weighted by Gasteiger charge is -2.05. The SMILES string of the molecule is COc1cccc(C(=O)NCc2csc(Nc3ccc(C(C)=O)cc3)n2)c1. The van der Waals surface area contributed by atoms with Crippen LogP contribution in [0.3, 0.4) is 0 Å². The van der Waals surface area contributed by atoms with Crippen molar-refractivity contribution in [2.45, 2.75) is 13.5 Å². The lowest BCUT2D eigenvalue weighted by Crippen LogP contribution is -2.22. The fraction of sp³-hybridized carbons (Fsp3) is 0.150. The van der Waals surface area contributed by atoms with Crippen LogP contribution >= 0.6 is 11.3 Å². The molecule has 27 heavy (non-hydrogen) atoms. The van der Waals surface area contributed by atoms with E-state index < -0.39 is 0 Å². The number of nitrogens with one attached hydrogen (secondary N) is 2. The summed E-state index contributed by atoms with van der Waals surface area (Å²) in [5, 5.41) is 8.65. The molecule has 1 heterocycles. The monoisotopic (exact) mass is 381 g/mol. The summed E-state index contributed by atoms with van der Waals surface area (Å²) in [6, 6.07) is 14.2. The predicted octanol–water partition coefficient (Wildman–Crippen LogP) is 4.03. The minimum Gasteiger partial charge on any atom is -0.497 e. The molecule has 138 valence electrons. The van der Waals surface area contributed by atoms with E-state index in [1.165, 1.54) is 18.3 Å². The van der Waals surface area contributed by atoms with Crippen LogP contribution in [0.1, 0.15) is 33.3 Å². The molecule has 0 unspecified atom stereocenters. The largest absolute Gasteiger partial charge is 0.497 e. The van der Waals surface area contributed by atoms with Crippen molar-refractivity contribution in [3.63, 3.8) is 0 Å². The second-order valence-corrected chi connectivity index (χ2v) is 6.68. The van der Waals surface area contributed by atoms with Crippen molar-refractivity contribution >= 4 is 33.8 Å². The molecule has 0 aliphatic rings. The number of carbonyl (C=O) groups is 2. The number of nitrogens with zero attached hydrogens (tertiary/aromatic N) is 1. The molecule has 0 saturated heterocycles. The fourth-order valence-electron chi connectivity index (χ4n) is 2.39. The number of hydrogen-bond donors (Lipinski definition) is 2. The van der Waals surface area contributed by atoms with Gasteiger partial charge in [0.2, 0.25) is 0 Å². The minimum absolute atomic E-state index is 0.0323. The Hall–Kier alpha value is -3.19. The summed E-state index contributed by atoms with van der Waals surface area (Å²) in [7, 11) is 1.56. The smallest absolute Gasteiger partial charge is 0.251 e. The van der Waals surface area contributed by atoms with Crippen LogP contribution < -0.4 is 15.4 Å². The number of carbonyl (C=O) groups excluding carboxylic acids is 2. The normalized spacial score (nSPS) is 10.3. The van der Waals surface area contributed by atoms with Crippen LogP contribution in [0.2, 0.25) is 0 Å². The maximum Gasteiger partial charge on any atom is 0.251 e. The van der Waals surface area contributed by atoms with E-state index in [1.807, 2.05) is 17.5 Å².